The molecule has 0 atom stereocenters. The van der Waals surface area contributed by atoms with Crippen LogP contribution in [0.2, 0.25) is 0 Å². The zero-order valence-electron chi connectivity index (χ0n) is 14.8. The number of benzene rings is 1. The number of amides is 3. The van der Waals surface area contributed by atoms with Crippen molar-refractivity contribution in [2.45, 2.75) is 26.3 Å². The van der Waals surface area contributed by atoms with Gasteiger partial charge in [-0.05, 0) is 37.5 Å². The van der Waals surface area contributed by atoms with Gasteiger partial charge < -0.3 is 25.6 Å². The number of ether oxygens (including phenoxy) is 1. The quantitative estimate of drug-likeness (QED) is 0.587. The van der Waals surface area contributed by atoms with Crippen molar-refractivity contribution in [3.63, 3.8) is 0 Å². The molecule has 1 aromatic rings. The lowest BCUT2D eigenvalue weighted by atomic mass is 10.2. The Morgan fingerprint density at radius 3 is 2.76 bits per heavy atom. The zero-order chi connectivity index (χ0) is 17.9. The lowest BCUT2D eigenvalue weighted by Gasteiger charge is -2.28. The van der Waals surface area contributed by atoms with Crippen molar-refractivity contribution >= 4 is 17.6 Å². The molecule has 3 amide bonds. The highest BCUT2D eigenvalue weighted by molar-refractivity contribution is 5.82. The van der Waals surface area contributed by atoms with E-state index in [2.05, 4.69) is 16.0 Å². The van der Waals surface area contributed by atoms with Crippen LogP contribution in [0.5, 0.6) is 0 Å². The zero-order valence-corrected chi connectivity index (χ0v) is 14.8. The number of hydrogen-bond acceptors (Lipinski definition) is 4. The third-order valence-corrected chi connectivity index (χ3v) is 4.00. The minimum absolute atomic E-state index is 0.0509. The van der Waals surface area contributed by atoms with E-state index in [9.17, 15) is 9.59 Å². The van der Waals surface area contributed by atoms with Crippen molar-refractivity contribution in [2.75, 3.05) is 44.3 Å². The predicted molar refractivity (Wildman–Crippen MR) is 97.6 cm³/mol. The standard InChI is InChI=1S/C18H28N4O3/c1-2-25-12-4-3-9-20-18(24)21-13-15-5-7-16(8-6-15)22-11-10-19-17(23)14-22/h5-8H,2-4,9-14H2,1H3,(H,19,23)(H2,20,21,24). The van der Waals surface area contributed by atoms with Gasteiger partial charge in [0.15, 0.2) is 0 Å². The van der Waals surface area contributed by atoms with Crippen molar-refractivity contribution in [1.82, 2.24) is 16.0 Å². The molecular weight excluding hydrogens is 320 g/mol. The molecule has 0 spiro atoms. The van der Waals surface area contributed by atoms with E-state index >= 15 is 0 Å². The number of hydrogen-bond donors (Lipinski definition) is 3. The highest BCUT2D eigenvalue weighted by Gasteiger charge is 2.16. The fourth-order valence-corrected chi connectivity index (χ4v) is 2.60. The van der Waals surface area contributed by atoms with Gasteiger partial charge in [0.2, 0.25) is 5.91 Å². The van der Waals surface area contributed by atoms with Crippen molar-refractivity contribution in [2.24, 2.45) is 0 Å². The molecule has 1 aromatic carbocycles. The summed E-state index contributed by atoms with van der Waals surface area (Å²) in [4.78, 5) is 25.2. The second kappa shape index (κ2) is 10.6. The largest absolute Gasteiger partial charge is 0.382 e. The summed E-state index contributed by atoms with van der Waals surface area (Å²) in [5, 5.41) is 8.50. The molecule has 0 bridgehead atoms. The molecule has 25 heavy (non-hydrogen) atoms. The Morgan fingerprint density at radius 2 is 2.04 bits per heavy atom. The number of carbonyl (C=O) groups is 2. The molecule has 1 aliphatic rings. The van der Waals surface area contributed by atoms with Crippen molar-refractivity contribution in [1.29, 1.82) is 0 Å². The normalized spacial score (nSPS) is 14.1. The molecular formula is C18H28N4O3. The monoisotopic (exact) mass is 348 g/mol. The summed E-state index contributed by atoms with van der Waals surface area (Å²) >= 11 is 0. The number of rotatable bonds is 9. The molecule has 7 nitrogen and oxygen atoms in total. The SMILES string of the molecule is CCOCCCCNC(=O)NCc1ccc(N2CCNC(=O)C2)cc1. The number of carbonyl (C=O) groups excluding carboxylic acids is 2. The number of unbranched alkanes of at least 4 members (excludes halogenated alkanes) is 1. The number of urea groups is 1. The van der Waals surface area contributed by atoms with Crippen LogP contribution in [0.4, 0.5) is 10.5 Å². The van der Waals surface area contributed by atoms with E-state index in [4.69, 9.17) is 4.74 Å². The van der Waals surface area contributed by atoms with Gasteiger partial charge in [-0.1, -0.05) is 12.1 Å². The molecule has 1 saturated heterocycles. The molecule has 1 heterocycles. The van der Waals surface area contributed by atoms with Gasteiger partial charge in [-0.3, -0.25) is 4.79 Å². The molecule has 0 unspecified atom stereocenters. The summed E-state index contributed by atoms with van der Waals surface area (Å²) in [6.07, 6.45) is 1.86. The summed E-state index contributed by atoms with van der Waals surface area (Å²) in [7, 11) is 0. The fourth-order valence-electron chi connectivity index (χ4n) is 2.60. The lowest BCUT2D eigenvalue weighted by molar-refractivity contribution is -0.120. The van der Waals surface area contributed by atoms with Crippen molar-refractivity contribution in [3.8, 4) is 0 Å². The minimum Gasteiger partial charge on any atom is -0.382 e. The first-order valence-electron chi connectivity index (χ1n) is 8.89. The van der Waals surface area contributed by atoms with Crippen LogP contribution in [0.25, 0.3) is 0 Å². The highest BCUT2D eigenvalue weighted by atomic mass is 16.5. The Labute approximate surface area is 149 Å². The number of anilines is 1. The number of piperazine rings is 1. The first-order valence-corrected chi connectivity index (χ1v) is 8.89. The van der Waals surface area contributed by atoms with E-state index in [1.165, 1.54) is 0 Å². The smallest absolute Gasteiger partial charge is 0.315 e. The maximum atomic E-state index is 11.7. The molecule has 7 heteroatoms. The third kappa shape index (κ3) is 7.01. The lowest BCUT2D eigenvalue weighted by Crippen LogP contribution is -2.47. The van der Waals surface area contributed by atoms with Crippen molar-refractivity contribution in [3.05, 3.63) is 29.8 Å². The van der Waals surface area contributed by atoms with Gasteiger partial charge in [-0.15, -0.1) is 0 Å². The molecule has 0 radical (unpaired) electrons. The second-order valence-corrected chi connectivity index (χ2v) is 5.95. The molecule has 2 rings (SSSR count). The Balaban J connectivity index is 1.65. The average molecular weight is 348 g/mol. The van der Waals surface area contributed by atoms with Crippen LogP contribution >= 0.6 is 0 Å². The van der Waals surface area contributed by atoms with E-state index in [1.807, 2.05) is 36.1 Å². The topological polar surface area (TPSA) is 82.7 Å². The van der Waals surface area contributed by atoms with E-state index in [0.29, 0.717) is 26.2 Å². The van der Waals surface area contributed by atoms with E-state index in [-0.39, 0.29) is 11.9 Å². The van der Waals surface area contributed by atoms with Gasteiger partial charge in [0, 0.05) is 45.1 Å². The van der Waals surface area contributed by atoms with Crippen LogP contribution in [0.1, 0.15) is 25.3 Å². The second-order valence-electron chi connectivity index (χ2n) is 5.95. The molecule has 0 saturated carbocycles. The molecule has 1 fully saturated rings. The third-order valence-electron chi connectivity index (χ3n) is 4.00. The van der Waals surface area contributed by atoms with Gasteiger partial charge in [-0.25, -0.2) is 4.79 Å². The van der Waals surface area contributed by atoms with E-state index in [1.54, 1.807) is 0 Å². The van der Waals surface area contributed by atoms with Gasteiger partial charge in [0.05, 0.1) is 6.54 Å². The van der Waals surface area contributed by atoms with Crippen LogP contribution in [-0.4, -0.2) is 51.3 Å². The predicted octanol–water partition coefficient (Wildman–Crippen LogP) is 1.24. The van der Waals surface area contributed by atoms with Crippen LogP contribution in [0, 0.1) is 0 Å². The maximum Gasteiger partial charge on any atom is 0.315 e. The van der Waals surface area contributed by atoms with Crippen LogP contribution in [-0.2, 0) is 16.1 Å². The average Bonchev–Trinajstić information content (AvgIpc) is 2.63. The molecule has 138 valence electrons. The summed E-state index contributed by atoms with van der Waals surface area (Å²) in [5.74, 6) is 0.0509. The minimum atomic E-state index is -0.159. The molecule has 3 N–H and O–H groups in total. The van der Waals surface area contributed by atoms with Gasteiger partial charge in [-0.2, -0.15) is 0 Å². The Bertz CT molecular complexity index is 548. The fraction of sp³-hybridized carbons (Fsp3) is 0.556. The molecule has 1 aliphatic heterocycles. The first kappa shape index (κ1) is 19.1. The summed E-state index contributed by atoms with van der Waals surface area (Å²) in [6, 6.07) is 7.77. The Morgan fingerprint density at radius 1 is 1.24 bits per heavy atom. The molecule has 0 aliphatic carbocycles. The maximum absolute atomic E-state index is 11.7. The van der Waals surface area contributed by atoms with Crippen LogP contribution in [0.15, 0.2) is 24.3 Å². The summed E-state index contributed by atoms with van der Waals surface area (Å²) in [6.45, 7) is 6.45. The Hall–Kier alpha value is -2.28. The number of nitrogens with zero attached hydrogens (tertiary/aromatic N) is 1. The first-order chi connectivity index (χ1) is 12.2. The van der Waals surface area contributed by atoms with Crippen LogP contribution < -0.4 is 20.9 Å². The van der Waals surface area contributed by atoms with Crippen LogP contribution in [0.3, 0.4) is 0 Å². The van der Waals surface area contributed by atoms with Gasteiger partial charge >= 0.3 is 6.03 Å². The summed E-state index contributed by atoms with van der Waals surface area (Å²) in [5.41, 5.74) is 2.05. The summed E-state index contributed by atoms with van der Waals surface area (Å²) < 4.78 is 5.25. The highest BCUT2D eigenvalue weighted by Crippen LogP contribution is 2.15. The van der Waals surface area contributed by atoms with Crippen molar-refractivity contribution < 1.29 is 14.3 Å². The number of nitrogens with one attached hydrogen (secondary N) is 3. The Kier molecular flexibility index (Phi) is 8.04. The van der Waals surface area contributed by atoms with Gasteiger partial charge in [0.25, 0.3) is 0 Å². The van der Waals surface area contributed by atoms with E-state index in [0.717, 1.165) is 43.9 Å². The van der Waals surface area contributed by atoms with E-state index < -0.39 is 0 Å². The molecule has 0 aromatic heterocycles. The van der Waals surface area contributed by atoms with Gasteiger partial charge in [0.1, 0.15) is 0 Å².